The molecule has 2 nitrogen and oxygen atoms in total. The van der Waals surface area contributed by atoms with Gasteiger partial charge in [-0.25, -0.2) is 0 Å². The minimum atomic E-state index is -0.703. The highest BCUT2D eigenvalue weighted by Gasteiger charge is 2.15. The number of para-hydroxylation sites is 1. The molecule has 0 aromatic heterocycles. The van der Waals surface area contributed by atoms with E-state index in [1.807, 2.05) is 36.4 Å². The van der Waals surface area contributed by atoms with E-state index in [1.54, 1.807) is 12.1 Å². The van der Waals surface area contributed by atoms with E-state index in [-0.39, 0.29) is 0 Å². The summed E-state index contributed by atoms with van der Waals surface area (Å²) in [5.74, 6) is 0.729. The van der Waals surface area contributed by atoms with Gasteiger partial charge in [0.1, 0.15) is 11.9 Å². The van der Waals surface area contributed by atoms with Crippen molar-refractivity contribution in [3.8, 4) is 5.75 Å². The van der Waals surface area contributed by atoms with Crippen LogP contribution in [0.3, 0.4) is 0 Å². The molecule has 1 atom stereocenters. The maximum absolute atomic E-state index is 10.4. The van der Waals surface area contributed by atoms with Crippen LogP contribution in [0.5, 0.6) is 5.75 Å². The minimum absolute atomic E-state index is 0.643. The Hall–Kier alpha value is -1.51. The summed E-state index contributed by atoms with van der Waals surface area (Å²) >= 11 is 5.86. The van der Waals surface area contributed by atoms with Crippen molar-refractivity contribution in [3.63, 3.8) is 0 Å². The summed E-state index contributed by atoms with van der Waals surface area (Å²) in [5.41, 5.74) is 1.58. The van der Waals surface area contributed by atoms with E-state index in [4.69, 9.17) is 16.3 Å². The number of benzene rings is 2. The zero-order valence-corrected chi connectivity index (χ0v) is 11.6. The molecule has 0 heterocycles. The van der Waals surface area contributed by atoms with Crippen molar-refractivity contribution in [3.05, 3.63) is 64.7 Å². The highest BCUT2D eigenvalue weighted by Crippen LogP contribution is 2.30. The number of hydrogen-bond donors (Lipinski definition) is 1. The normalized spacial score (nSPS) is 12.2. The van der Waals surface area contributed by atoms with Gasteiger partial charge in [0.2, 0.25) is 0 Å². The molecule has 2 aromatic carbocycles. The van der Waals surface area contributed by atoms with E-state index in [1.165, 1.54) is 0 Å². The molecule has 0 aliphatic rings. The van der Waals surface area contributed by atoms with Gasteiger partial charge in [-0.05, 0) is 30.2 Å². The van der Waals surface area contributed by atoms with Crippen LogP contribution in [0.25, 0.3) is 0 Å². The Kier molecular flexibility index (Phi) is 4.83. The molecule has 0 saturated carbocycles. The van der Waals surface area contributed by atoms with Crippen LogP contribution in [-0.2, 0) is 0 Å². The van der Waals surface area contributed by atoms with Crippen molar-refractivity contribution in [2.24, 2.45) is 0 Å². The van der Waals surface area contributed by atoms with E-state index in [2.05, 4.69) is 6.92 Å². The Morgan fingerprint density at radius 2 is 1.79 bits per heavy atom. The first-order chi connectivity index (χ1) is 9.22. The highest BCUT2D eigenvalue weighted by molar-refractivity contribution is 6.30. The first-order valence-corrected chi connectivity index (χ1v) is 6.75. The predicted octanol–water partition coefficient (Wildman–Crippen LogP) is 4.21. The average Bonchev–Trinajstić information content (AvgIpc) is 2.45. The van der Waals surface area contributed by atoms with Gasteiger partial charge in [0.25, 0.3) is 0 Å². The summed E-state index contributed by atoms with van der Waals surface area (Å²) in [4.78, 5) is 0. The van der Waals surface area contributed by atoms with Gasteiger partial charge in [-0.1, -0.05) is 48.9 Å². The Morgan fingerprint density at radius 3 is 2.47 bits per heavy atom. The third kappa shape index (κ3) is 3.49. The summed E-state index contributed by atoms with van der Waals surface area (Å²) in [6.07, 6.45) is 0.232. The Bertz CT molecular complexity index is 523. The maximum Gasteiger partial charge on any atom is 0.125 e. The zero-order valence-electron chi connectivity index (χ0n) is 10.8. The first-order valence-electron chi connectivity index (χ1n) is 6.37. The fourth-order valence-corrected chi connectivity index (χ4v) is 2.00. The summed E-state index contributed by atoms with van der Waals surface area (Å²) in [6, 6.07) is 14.8. The van der Waals surface area contributed by atoms with Gasteiger partial charge in [0.15, 0.2) is 0 Å². The molecule has 2 rings (SSSR count). The van der Waals surface area contributed by atoms with Crippen molar-refractivity contribution in [2.45, 2.75) is 19.4 Å². The minimum Gasteiger partial charge on any atom is -0.493 e. The molecule has 0 spiro atoms. The molecule has 19 heavy (non-hydrogen) atoms. The summed E-state index contributed by atoms with van der Waals surface area (Å²) in [6.45, 7) is 2.70. The zero-order chi connectivity index (χ0) is 13.7. The van der Waals surface area contributed by atoms with Crippen LogP contribution in [0, 0.1) is 0 Å². The molecule has 0 aliphatic carbocycles. The molecular weight excluding hydrogens is 260 g/mol. The van der Waals surface area contributed by atoms with Crippen molar-refractivity contribution in [1.29, 1.82) is 0 Å². The Morgan fingerprint density at radius 1 is 1.11 bits per heavy atom. The molecule has 0 saturated heterocycles. The van der Waals surface area contributed by atoms with Crippen molar-refractivity contribution < 1.29 is 9.84 Å². The summed E-state index contributed by atoms with van der Waals surface area (Å²) < 4.78 is 5.67. The van der Waals surface area contributed by atoms with Crippen LogP contribution in [0.1, 0.15) is 30.6 Å². The number of hydrogen-bond acceptors (Lipinski definition) is 2. The smallest absolute Gasteiger partial charge is 0.125 e. The van der Waals surface area contributed by atoms with Gasteiger partial charge in [-0.3, -0.25) is 0 Å². The lowest BCUT2D eigenvalue weighted by Gasteiger charge is -2.16. The standard InChI is InChI=1S/C16H17ClO2/c1-2-11-19-15-6-4-3-5-14(15)16(18)12-7-9-13(17)10-8-12/h3-10,16,18H,2,11H2,1H3. The second-order valence-corrected chi connectivity index (χ2v) is 4.78. The van der Waals surface area contributed by atoms with Crippen LogP contribution in [0.2, 0.25) is 5.02 Å². The largest absolute Gasteiger partial charge is 0.493 e. The number of aliphatic hydroxyl groups is 1. The second-order valence-electron chi connectivity index (χ2n) is 4.34. The van der Waals surface area contributed by atoms with Gasteiger partial charge < -0.3 is 9.84 Å². The van der Waals surface area contributed by atoms with E-state index in [0.29, 0.717) is 11.6 Å². The molecular formula is C16H17ClO2. The predicted molar refractivity (Wildman–Crippen MR) is 77.7 cm³/mol. The van der Waals surface area contributed by atoms with E-state index < -0.39 is 6.10 Å². The molecule has 100 valence electrons. The third-order valence-corrected chi connectivity index (χ3v) is 3.11. The maximum atomic E-state index is 10.4. The fraction of sp³-hybridized carbons (Fsp3) is 0.250. The quantitative estimate of drug-likeness (QED) is 0.886. The van der Waals surface area contributed by atoms with Crippen molar-refractivity contribution in [2.75, 3.05) is 6.61 Å². The van der Waals surface area contributed by atoms with Crippen LogP contribution >= 0.6 is 11.6 Å². The lowest BCUT2D eigenvalue weighted by molar-refractivity contribution is 0.210. The molecule has 1 N–H and O–H groups in total. The number of rotatable bonds is 5. The van der Waals surface area contributed by atoms with Crippen LogP contribution in [0.4, 0.5) is 0 Å². The SMILES string of the molecule is CCCOc1ccccc1C(O)c1ccc(Cl)cc1. The first kappa shape index (κ1) is 13.9. The number of ether oxygens (including phenoxy) is 1. The average molecular weight is 277 g/mol. The summed E-state index contributed by atoms with van der Waals surface area (Å²) in [5, 5.41) is 11.1. The van der Waals surface area contributed by atoms with E-state index >= 15 is 0 Å². The highest BCUT2D eigenvalue weighted by atomic mass is 35.5. The van der Waals surface area contributed by atoms with Crippen molar-refractivity contribution >= 4 is 11.6 Å². The molecule has 1 unspecified atom stereocenters. The van der Waals surface area contributed by atoms with Crippen molar-refractivity contribution in [1.82, 2.24) is 0 Å². The van der Waals surface area contributed by atoms with Gasteiger partial charge >= 0.3 is 0 Å². The van der Waals surface area contributed by atoms with Gasteiger partial charge in [-0.2, -0.15) is 0 Å². The van der Waals surface area contributed by atoms with E-state index in [0.717, 1.165) is 23.3 Å². The summed E-state index contributed by atoms with van der Waals surface area (Å²) in [7, 11) is 0. The molecule has 0 radical (unpaired) electrons. The lowest BCUT2D eigenvalue weighted by Crippen LogP contribution is -2.04. The third-order valence-electron chi connectivity index (χ3n) is 2.86. The Balaban J connectivity index is 2.27. The second kappa shape index (κ2) is 6.60. The van der Waals surface area contributed by atoms with E-state index in [9.17, 15) is 5.11 Å². The van der Waals surface area contributed by atoms with Crippen LogP contribution in [-0.4, -0.2) is 11.7 Å². The molecule has 0 fully saturated rings. The van der Waals surface area contributed by atoms with Gasteiger partial charge in [-0.15, -0.1) is 0 Å². The van der Waals surface area contributed by atoms with Gasteiger partial charge in [0, 0.05) is 10.6 Å². The van der Waals surface area contributed by atoms with Crippen LogP contribution in [0.15, 0.2) is 48.5 Å². The van der Waals surface area contributed by atoms with Crippen LogP contribution < -0.4 is 4.74 Å². The fourth-order valence-electron chi connectivity index (χ4n) is 1.87. The topological polar surface area (TPSA) is 29.5 Å². The molecule has 0 amide bonds. The molecule has 3 heteroatoms. The number of halogens is 1. The molecule has 0 bridgehead atoms. The molecule has 0 aliphatic heterocycles. The monoisotopic (exact) mass is 276 g/mol. The molecule has 2 aromatic rings. The lowest BCUT2D eigenvalue weighted by atomic mass is 10.0. The van der Waals surface area contributed by atoms with Gasteiger partial charge in [0.05, 0.1) is 6.61 Å². The number of aliphatic hydroxyl groups excluding tert-OH is 1. The Labute approximate surface area is 118 Å².